The standard InChI is InChI=1S/C32H42N4/c1-5-25-9-11-30-29(20-25)32(24(4)34-30)12-15-35(16-13-32)14-6-7-26-19-27-10-8-23(3)36(31(27)33-21-26)28-17-22(2)18-28/h9,11,19-22,28,34H,3-8,10,12-18H2,1-2H3. The summed E-state index contributed by atoms with van der Waals surface area (Å²) in [6, 6.07) is 9.99. The largest absolute Gasteiger partial charge is 0.358 e. The highest BCUT2D eigenvalue weighted by Crippen LogP contribution is 2.49. The quantitative estimate of drug-likeness (QED) is 0.502. The van der Waals surface area contributed by atoms with Gasteiger partial charge in [-0.05, 0) is 112 Å². The second-order valence-electron chi connectivity index (χ2n) is 11.9. The average molecular weight is 483 g/mol. The summed E-state index contributed by atoms with van der Waals surface area (Å²) in [6.45, 7) is 16.9. The van der Waals surface area contributed by atoms with E-state index in [0.29, 0.717) is 6.04 Å². The van der Waals surface area contributed by atoms with Crippen molar-refractivity contribution in [3.63, 3.8) is 0 Å². The van der Waals surface area contributed by atoms with E-state index in [2.05, 4.69) is 72.6 Å². The van der Waals surface area contributed by atoms with E-state index in [1.54, 1.807) is 0 Å². The summed E-state index contributed by atoms with van der Waals surface area (Å²) in [4.78, 5) is 10.1. The number of aryl methyl sites for hydroxylation is 3. The zero-order chi connectivity index (χ0) is 24.9. The van der Waals surface area contributed by atoms with Gasteiger partial charge >= 0.3 is 0 Å². The van der Waals surface area contributed by atoms with Gasteiger partial charge in [-0.25, -0.2) is 4.98 Å². The van der Waals surface area contributed by atoms with Crippen molar-refractivity contribution >= 4 is 11.5 Å². The second kappa shape index (κ2) is 9.37. The monoisotopic (exact) mass is 482 g/mol. The molecular formula is C32H42N4. The molecule has 1 aromatic heterocycles. The smallest absolute Gasteiger partial charge is 0.136 e. The third kappa shape index (κ3) is 4.08. The van der Waals surface area contributed by atoms with Gasteiger partial charge in [0, 0.05) is 34.7 Å². The van der Waals surface area contributed by atoms with Crippen LogP contribution < -0.4 is 10.2 Å². The van der Waals surface area contributed by atoms with Crippen molar-refractivity contribution in [2.75, 3.05) is 29.9 Å². The summed E-state index contributed by atoms with van der Waals surface area (Å²) in [5.74, 6) is 2.02. The van der Waals surface area contributed by atoms with Gasteiger partial charge in [-0.3, -0.25) is 0 Å². The van der Waals surface area contributed by atoms with Gasteiger partial charge in [-0.2, -0.15) is 0 Å². The number of nitrogens with one attached hydrogen (secondary N) is 1. The third-order valence-corrected chi connectivity index (χ3v) is 9.49. The fourth-order valence-corrected chi connectivity index (χ4v) is 7.14. The van der Waals surface area contributed by atoms with Crippen LogP contribution in [0.3, 0.4) is 0 Å². The molecule has 6 rings (SSSR count). The molecule has 0 atom stereocenters. The first kappa shape index (κ1) is 23.8. The fraction of sp³-hybridized carbons (Fsp3) is 0.531. The summed E-state index contributed by atoms with van der Waals surface area (Å²) < 4.78 is 0. The molecule has 4 aliphatic rings. The molecule has 190 valence electrons. The maximum Gasteiger partial charge on any atom is 0.136 e. The molecule has 4 heterocycles. The Bertz CT molecular complexity index is 1170. The second-order valence-corrected chi connectivity index (χ2v) is 11.9. The SMILES string of the molecule is C=C1CCc2cc(CCCN3CCC4(CC3)C(=C)Nc3ccc(CC)cc34)cnc2N1C1CC(C)C1. The maximum absolute atomic E-state index is 4.97. The fourth-order valence-electron chi connectivity index (χ4n) is 7.14. The van der Waals surface area contributed by atoms with Gasteiger partial charge in [-0.15, -0.1) is 0 Å². The first-order valence-corrected chi connectivity index (χ1v) is 14.2. The van der Waals surface area contributed by atoms with Gasteiger partial charge in [0.2, 0.25) is 0 Å². The Hall–Kier alpha value is -2.59. The lowest BCUT2D eigenvalue weighted by atomic mass is 9.72. The van der Waals surface area contributed by atoms with Crippen molar-refractivity contribution in [3.05, 3.63) is 77.3 Å². The van der Waals surface area contributed by atoms with Crippen molar-refractivity contribution in [2.24, 2.45) is 5.92 Å². The molecule has 36 heavy (non-hydrogen) atoms. The van der Waals surface area contributed by atoms with Crippen LogP contribution in [0.4, 0.5) is 11.5 Å². The van der Waals surface area contributed by atoms with Crippen molar-refractivity contribution in [2.45, 2.75) is 83.1 Å². The van der Waals surface area contributed by atoms with Crippen LogP contribution in [-0.2, 0) is 24.7 Å². The van der Waals surface area contributed by atoms with Crippen LogP contribution in [0.5, 0.6) is 0 Å². The molecule has 0 bridgehead atoms. The topological polar surface area (TPSA) is 31.4 Å². The highest BCUT2D eigenvalue weighted by molar-refractivity contribution is 5.69. The molecule has 1 saturated carbocycles. The van der Waals surface area contributed by atoms with E-state index >= 15 is 0 Å². The molecule has 1 N–H and O–H groups in total. The molecule has 2 aromatic rings. The highest BCUT2D eigenvalue weighted by atomic mass is 15.2. The Morgan fingerprint density at radius 3 is 2.64 bits per heavy atom. The number of rotatable bonds is 6. The van der Waals surface area contributed by atoms with Crippen LogP contribution in [-0.4, -0.2) is 35.6 Å². The minimum atomic E-state index is 0.119. The van der Waals surface area contributed by atoms with E-state index in [4.69, 9.17) is 4.98 Å². The lowest BCUT2D eigenvalue weighted by Gasteiger charge is -2.45. The number of piperidine rings is 1. The van der Waals surface area contributed by atoms with Crippen molar-refractivity contribution < 1.29 is 0 Å². The maximum atomic E-state index is 4.97. The van der Waals surface area contributed by atoms with E-state index in [-0.39, 0.29) is 5.41 Å². The number of benzene rings is 1. The summed E-state index contributed by atoms with van der Waals surface area (Å²) >= 11 is 0. The molecule has 0 radical (unpaired) electrons. The zero-order valence-electron chi connectivity index (χ0n) is 22.3. The van der Waals surface area contributed by atoms with Crippen molar-refractivity contribution in [3.8, 4) is 0 Å². The van der Waals surface area contributed by atoms with E-state index in [9.17, 15) is 0 Å². The van der Waals surface area contributed by atoms with E-state index in [0.717, 1.165) is 51.2 Å². The zero-order valence-corrected chi connectivity index (χ0v) is 22.3. The van der Waals surface area contributed by atoms with Crippen molar-refractivity contribution in [1.82, 2.24) is 9.88 Å². The van der Waals surface area contributed by atoms with Gasteiger partial charge in [0.25, 0.3) is 0 Å². The molecule has 3 aliphatic heterocycles. The molecule has 4 heteroatoms. The molecule has 1 spiro atoms. The number of anilines is 2. The lowest BCUT2D eigenvalue weighted by molar-refractivity contribution is 0.179. The van der Waals surface area contributed by atoms with Gasteiger partial charge in [-0.1, -0.05) is 45.2 Å². The Morgan fingerprint density at radius 2 is 1.89 bits per heavy atom. The molecule has 4 nitrogen and oxygen atoms in total. The van der Waals surface area contributed by atoms with E-state index in [1.807, 2.05) is 0 Å². The molecular weight excluding hydrogens is 440 g/mol. The van der Waals surface area contributed by atoms with Gasteiger partial charge in [0.1, 0.15) is 5.82 Å². The van der Waals surface area contributed by atoms with E-state index in [1.165, 1.54) is 77.3 Å². The minimum Gasteiger partial charge on any atom is -0.358 e. The number of pyridine rings is 1. The molecule has 1 aliphatic carbocycles. The van der Waals surface area contributed by atoms with Crippen LogP contribution in [0.15, 0.2) is 55.0 Å². The summed E-state index contributed by atoms with van der Waals surface area (Å²) in [6.07, 6.45) is 12.6. The van der Waals surface area contributed by atoms with Crippen LogP contribution in [0.25, 0.3) is 0 Å². The van der Waals surface area contributed by atoms with Crippen molar-refractivity contribution in [1.29, 1.82) is 0 Å². The number of nitrogens with zero attached hydrogens (tertiary/aromatic N) is 3. The van der Waals surface area contributed by atoms with Crippen LogP contribution in [0.2, 0.25) is 0 Å². The number of fused-ring (bicyclic) bond motifs is 3. The highest BCUT2D eigenvalue weighted by Gasteiger charge is 2.44. The number of hydrogen-bond acceptors (Lipinski definition) is 4. The van der Waals surface area contributed by atoms with Gasteiger partial charge < -0.3 is 15.1 Å². The molecule has 1 aromatic carbocycles. The first-order chi connectivity index (χ1) is 17.5. The normalized spacial score (nSPS) is 24.9. The number of hydrogen-bond donors (Lipinski definition) is 1. The number of aromatic nitrogens is 1. The summed E-state index contributed by atoms with van der Waals surface area (Å²) in [7, 11) is 0. The van der Waals surface area contributed by atoms with Crippen LogP contribution >= 0.6 is 0 Å². The summed E-state index contributed by atoms with van der Waals surface area (Å²) in [5, 5.41) is 3.61. The first-order valence-electron chi connectivity index (χ1n) is 14.2. The number of allylic oxidation sites excluding steroid dienone is 2. The third-order valence-electron chi connectivity index (χ3n) is 9.49. The lowest BCUT2D eigenvalue weighted by Crippen LogP contribution is -2.45. The van der Waals surface area contributed by atoms with Crippen LogP contribution in [0, 0.1) is 5.92 Å². The Labute approximate surface area is 217 Å². The Morgan fingerprint density at radius 1 is 1.08 bits per heavy atom. The van der Waals surface area contributed by atoms with Gasteiger partial charge in [0.05, 0.1) is 0 Å². The Balaban J connectivity index is 1.05. The number of likely N-dealkylation sites (tertiary alicyclic amines) is 1. The predicted octanol–water partition coefficient (Wildman–Crippen LogP) is 6.61. The van der Waals surface area contributed by atoms with E-state index < -0.39 is 0 Å². The molecule has 0 amide bonds. The average Bonchev–Trinajstić information content (AvgIpc) is 3.13. The summed E-state index contributed by atoms with van der Waals surface area (Å²) in [5.41, 5.74) is 9.60. The molecule has 2 fully saturated rings. The Kier molecular flexibility index (Phi) is 6.19. The minimum absolute atomic E-state index is 0.119. The predicted molar refractivity (Wildman–Crippen MR) is 151 cm³/mol. The van der Waals surface area contributed by atoms with Gasteiger partial charge in [0.15, 0.2) is 0 Å². The van der Waals surface area contributed by atoms with Crippen LogP contribution in [0.1, 0.15) is 74.6 Å². The molecule has 0 unspecified atom stereocenters. The molecule has 1 saturated heterocycles.